The van der Waals surface area contributed by atoms with Crippen molar-refractivity contribution in [3.05, 3.63) is 29.8 Å². The summed E-state index contributed by atoms with van der Waals surface area (Å²) in [5.74, 6) is 0.925. The summed E-state index contributed by atoms with van der Waals surface area (Å²) < 4.78 is 22.6. The van der Waals surface area contributed by atoms with Crippen molar-refractivity contribution in [1.82, 2.24) is 10.2 Å². The topological polar surface area (TPSA) is 87.8 Å². The van der Waals surface area contributed by atoms with Crippen molar-refractivity contribution in [2.45, 2.75) is 43.5 Å². The number of nitrogens with zero attached hydrogens (tertiary/aromatic N) is 2. The van der Waals surface area contributed by atoms with Crippen LogP contribution in [-0.2, 0) is 16.6 Å². The van der Waals surface area contributed by atoms with Crippen molar-refractivity contribution in [1.29, 1.82) is 0 Å². The fourth-order valence-corrected chi connectivity index (χ4v) is 4.47. The molecule has 8 heteroatoms. The number of likely N-dealkylation sites (tertiary alicyclic amines) is 1. The van der Waals surface area contributed by atoms with Gasteiger partial charge in [0.2, 0.25) is 10.0 Å². The second kappa shape index (κ2) is 8.22. The smallest absolute Gasteiger partial charge is 0.238 e. The highest BCUT2D eigenvalue weighted by Gasteiger charge is 2.40. The molecular formula is C17H27IN4O2S. The third-order valence-electron chi connectivity index (χ3n) is 5.32. The minimum atomic E-state index is -3.63. The molecule has 1 saturated carbocycles. The lowest BCUT2D eigenvalue weighted by Gasteiger charge is -2.26. The minimum absolute atomic E-state index is 0. The molecule has 0 atom stereocenters. The van der Waals surface area contributed by atoms with Gasteiger partial charge in [-0.3, -0.25) is 4.99 Å². The van der Waals surface area contributed by atoms with E-state index in [1.807, 2.05) is 7.05 Å². The van der Waals surface area contributed by atoms with Gasteiger partial charge in [0.15, 0.2) is 5.96 Å². The summed E-state index contributed by atoms with van der Waals surface area (Å²) in [6.45, 7) is 2.77. The summed E-state index contributed by atoms with van der Waals surface area (Å²) >= 11 is 0. The second-order valence-corrected chi connectivity index (χ2v) is 8.53. The van der Waals surface area contributed by atoms with Gasteiger partial charge in [0.1, 0.15) is 0 Å². The van der Waals surface area contributed by atoms with Crippen molar-refractivity contribution in [3.8, 4) is 0 Å². The molecule has 1 saturated heterocycles. The summed E-state index contributed by atoms with van der Waals surface area (Å²) in [4.78, 5) is 6.90. The lowest BCUT2D eigenvalue weighted by atomic mass is 9.86. The van der Waals surface area contributed by atoms with Crippen LogP contribution in [0.15, 0.2) is 34.2 Å². The maximum atomic E-state index is 11.3. The van der Waals surface area contributed by atoms with Gasteiger partial charge >= 0.3 is 0 Å². The Kier molecular flexibility index (Phi) is 6.72. The summed E-state index contributed by atoms with van der Waals surface area (Å²) in [5.41, 5.74) is 1.51. The molecule has 1 spiro atoms. The lowest BCUT2D eigenvalue weighted by molar-refractivity contribution is 0.309. The zero-order chi connectivity index (χ0) is 17.2. The Hall–Kier alpha value is -0.870. The maximum Gasteiger partial charge on any atom is 0.238 e. The lowest BCUT2D eigenvalue weighted by Crippen LogP contribution is -2.40. The number of guanidine groups is 1. The molecule has 0 radical (unpaired) electrons. The van der Waals surface area contributed by atoms with Crippen LogP contribution in [0.1, 0.15) is 37.7 Å². The number of hydrogen-bond acceptors (Lipinski definition) is 3. The molecule has 25 heavy (non-hydrogen) atoms. The number of hydrogen-bond donors (Lipinski definition) is 2. The van der Waals surface area contributed by atoms with Crippen LogP contribution in [0.5, 0.6) is 0 Å². The predicted molar refractivity (Wildman–Crippen MR) is 111 cm³/mol. The predicted octanol–water partition coefficient (Wildman–Crippen LogP) is 2.29. The van der Waals surface area contributed by atoms with Crippen LogP contribution in [0, 0.1) is 5.41 Å². The highest BCUT2D eigenvalue weighted by Crippen LogP contribution is 2.45. The van der Waals surface area contributed by atoms with Gasteiger partial charge in [-0.25, -0.2) is 13.6 Å². The van der Waals surface area contributed by atoms with E-state index in [0.717, 1.165) is 24.6 Å². The van der Waals surface area contributed by atoms with Gasteiger partial charge in [-0.1, -0.05) is 25.0 Å². The average molecular weight is 478 g/mol. The second-order valence-electron chi connectivity index (χ2n) is 6.97. The van der Waals surface area contributed by atoms with Gasteiger partial charge in [0.25, 0.3) is 0 Å². The van der Waals surface area contributed by atoms with Crippen molar-refractivity contribution < 1.29 is 8.42 Å². The molecule has 2 fully saturated rings. The molecule has 1 aromatic rings. The van der Waals surface area contributed by atoms with Gasteiger partial charge in [-0.05, 0) is 42.4 Å². The number of sulfonamides is 1. The summed E-state index contributed by atoms with van der Waals surface area (Å²) in [6.07, 6.45) is 6.66. The van der Waals surface area contributed by atoms with E-state index in [0.29, 0.717) is 12.0 Å². The van der Waals surface area contributed by atoms with E-state index < -0.39 is 10.0 Å². The van der Waals surface area contributed by atoms with E-state index >= 15 is 0 Å². The van der Waals surface area contributed by atoms with Crippen molar-refractivity contribution in [2.75, 3.05) is 20.1 Å². The molecule has 2 aliphatic rings. The number of halogens is 1. The number of rotatable bonds is 3. The Morgan fingerprint density at radius 1 is 1.24 bits per heavy atom. The molecule has 0 unspecified atom stereocenters. The summed E-state index contributed by atoms with van der Waals surface area (Å²) in [7, 11) is -1.82. The van der Waals surface area contributed by atoms with Crippen LogP contribution in [0.2, 0.25) is 0 Å². The first-order valence-electron chi connectivity index (χ1n) is 8.49. The van der Waals surface area contributed by atoms with Crippen LogP contribution in [0.25, 0.3) is 0 Å². The first kappa shape index (κ1) is 20.4. The molecule has 1 heterocycles. The number of nitrogens with two attached hydrogens (primary N) is 1. The van der Waals surface area contributed by atoms with Gasteiger partial charge < -0.3 is 10.2 Å². The highest BCUT2D eigenvalue weighted by atomic mass is 127. The fraction of sp³-hybridized carbons (Fsp3) is 0.588. The van der Waals surface area contributed by atoms with Crippen LogP contribution in [0.3, 0.4) is 0 Å². The van der Waals surface area contributed by atoms with E-state index in [1.165, 1.54) is 32.1 Å². The number of aliphatic imine (C=N–C) groups is 1. The van der Waals surface area contributed by atoms with E-state index in [1.54, 1.807) is 24.3 Å². The van der Waals surface area contributed by atoms with Crippen molar-refractivity contribution in [3.63, 3.8) is 0 Å². The van der Waals surface area contributed by atoms with E-state index in [4.69, 9.17) is 5.14 Å². The molecule has 3 N–H and O–H groups in total. The first-order chi connectivity index (χ1) is 11.4. The normalized spacial score (nSPS) is 19.9. The molecule has 0 bridgehead atoms. The van der Waals surface area contributed by atoms with Crippen LogP contribution in [0.4, 0.5) is 0 Å². The average Bonchev–Trinajstić information content (AvgIpc) is 3.18. The molecular weight excluding hydrogens is 451 g/mol. The Bertz CT molecular complexity index is 713. The highest BCUT2D eigenvalue weighted by molar-refractivity contribution is 14.0. The van der Waals surface area contributed by atoms with Crippen molar-refractivity contribution in [2.24, 2.45) is 15.5 Å². The van der Waals surface area contributed by atoms with Crippen LogP contribution in [-0.4, -0.2) is 39.4 Å². The van der Waals surface area contributed by atoms with E-state index in [9.17, 15) is 8.42 Å². The standard InChI is InChI=1S/C17H26N4O2S.HI/c1-19-16(21-11-10-17(13-21)8-2-3-9-17)20-12-14-4-6-15(7-5-14)24(18,22)23;/h4-7H,2-3,8-13H2,1H3,(H,19,20)(H2,18,22,23);1H. The first-order valence-corrected chi connectivity index (χ1v) is 10.0. The van der Waals surface area contributed by atoms with Gasteiger partial charge in [-0.2, -0.15) is 0 Å². The molecule has 3 rings (SSSR count). The zero-order valence-electron chi connectivity index (χ0n) is 14.6. The third kappa shape index (κ3) is 4.85. The largest absolute Gasteiger partial charge is 0.352 e. The quantitative estimate of drug-likeness (QED) is 0.397. The number of primary sulfonamides is 1. The maximum absolute atomic E-state index is 11.3. The van der Waals surface area contributed by atoms with Gasteiger partial charge in [0.05, 0.1) is 4.90 Å². The molecule has 1 aliphatic heterocycles. The Morgan fingerprint density at radius 3 is 2.44 bits per heavy atom. The SMILES string of the molecule is CN=C(NCc1ccc(S(N)(=O)=O)cc1)N1CCC2(CCCC2)C1.I. The fourth-order valence-electron chi connectivity index (χ4n) is 3.96. The monoisotopic (exact) mass is 478 g/mol. The molecule has 0 amide bonds. The zero-order valence-corrected chi connectivity index (χ0v) is 17.7. The Balaban J connectivity index is 0.00000225. The van der Waals surface area contributed by atoms with E-state index in [2.05, 4.69) is 15.2 Å². The van der Waals surface area contributed by atoms with Gasteiger partial charge in [-0.15, -0.1) is 24.0 Å². The third-order valence-corrected chi connectivity index (χ3v) is 6.25. The molecule has 140 valence electrons. The molecule has 1 aliphatic carbocycles. The van der Waals surface area contributed by atoms with Gasteiger partial charge in [0, 0.05) is 26.7 Å². The van der Waals surface area contributed by atoms with E-state index in [-0.39, 0.29) is 28.9 Å². The van der Waals surface area contributed by atoms with Crippen LogP contribution < -0.4 is 10.5 Å². The van der Waals surface area contributed by atoms with Crippen molar-refractivity contribution >= 4 is 40.0 Å². The number of benzene rings is 1. The summed E-state index contributed by atoms with van der Waals surface area (Å²) in [6, 6.07) is 6.64. The number of nitrogens with one attached hydrogen (secondary N) is 1. The molecule has 0 aromatic heterocycles. The molecule has 1 aromatic carbocycles. The Labute approximate surface area is 167 Å². The summed E-state index contributed by atoms with van der Waals surface area (Å²) in [5, 5.41) is 8.51. The minimum Gasteiger partial charge on any atom is -0.352 e. The molecule has 6 nitrogen and oxygen atoms in total. The Morgan fingerprint density at radius 2 is 1.88 bits per heavy atom. The van der Waals surface area contributed by atoms with Crippen LogP contribution >= 0.6 is 24.0 Å².